The van der Waals surface area contributed by atoms with Crippen LogP contribution in [0.4, 0.5) is 4.79 Å². The summed E-state index contributed by atoms with van der Waals surface area (Å²) in [7, 11) is 0. The molecule has 0 atom stereocenters. The van der Waals surface area contributed by atoms with Gasteiger partial charge in [0.15, 0.2) is 0 Å². The van der Waals surface area contributed by atoms with Crippen LogP contribution in [0.5, 0.6) is 0 Å². The largest absolute Gasteiger partial charge is 0.459 e. The van der Waals surface area contributed by atoms with E-state index in [9.17, 15) is 14.4 Å². The molecule has 1 amide bonds. The van der Waals surface area contributed by atoms with Crippen LogP contribution in [0.25, 0.3) is 6.08 Å². The molecule has 2 rings (SSSR count). The maximum absolute atomic E-state index is 12.4. The maximum Gasteiger partial charge on any atom is 0.413 e. The molecule has 0 N–H and O–H groups in total. The van der Waals surface area contributed by atoms with Gasteiger partial charge in [-0.3, -0.25) is 9.69 Å². The molecule has 7 heteroatoms. The van der Waals surface area contributed by atoms with Crippen molar-refractivity contribution in [2.45, 2.75) is 32.9 Å². The van der Waals surface area contributed by atoms with Crippen molar-refractivity contribution < 1.29 is 28.6 Å². The normalized spacial score (nSPS) is 11.1. The van der Waals surface area contributed by atoms with E-state index in [1.807, 2.05) is 60.7 Å². The van der Waals surface area contributed by atoms with E-state index in [0.29, 0.717) is 0 Å². The fraction of sp³-hybridized carbons (Fsp3) is 0.292. The lowest BCUT2D eigenvalue weighted by Crippen LogP contribution is -2.49. The van der Waals surface area contributed by atoms with Crippen LogP contribution >= 0.6 is 0 Å². The van der Waals surface area contributed by atoms with E-state index in [4.69, 9.17) is 14.2 Å². The Hall–Kier alpha value is -3.61. The minimum Gasteiger partial charge on any atom is -0.459 e. The van der Waals surface area contributed by atoms with Crippen molar-refractivity contribution in [1.82, 2.24) is 4.90 Å². The Bertz CT molecular complexity index is 887. The van der Waals surface area contributed by atoms with Crippen LogP contribution in [-0.4, -0.2) is 41.8 Å². The van der Waals surface area contributed by atoms with E-state index in [0.717, 1.165) is 11.1 Å². The lowest BCUT2D eigenvalue weighted by molar-refractivity contribution is -0.150. The van der Waals surface area contributed by atoms with Gasteiger partial charge < -0.3 is 14.2 Å². The molecule has 164 valence electrons. The Morgan fingerprint density at radius 2 is 1.48 bits per heavy atom. The van der Waals surface area contributed by atoms with Crippen molar-refractivity contribution in [3.8, 4) is 0 Å². The molecule has 2 aromatic carbocycles. The first kappa shape index (κ1) is 23.7. The van der Waals surface area contributed by atoms with Crippen molar-refractivity contribution in [2.75, 3.05) is 13.3 Å². The number of esters is 2. The molecule has 0 bridgehead atoms. The summed E-state index contributed by atoms with van der Waals surface area (Å²) in [6, 6.07) is 18.5. The number of carbonyl (C=O) groups is 3. The Morgan fingerprint density at radius 3 is 2.10 bits per heavy atom. The monoisotopic (exact) mass is 425 g/mol. The quantitative estimate of drug-likeness (QED) is 0.358. The van der Waals surface area contributed by atoms with Gasteiger partial charge in [-0.2, -0.15) is 0 Å². The molecule has 2 aromatic rings. The fourth-order valence-corrected chi connectivity index (χ4v) is 2.48. The van der Waals surface area contributed by atoms with Crippen molar-refractivity contribution >= 4 is 24.1 Å². The molecular formula is C24H27NO6. The number of amides is 1. The van der Waals surface area contributed by atoms with E-state index >= 15 is 0 Å². The van der Waals surface area contributed by atoms with Crippen LogP contribution in [0, 0.1) is 0 Å². The average Bonchev–Trinajstić information content (AvgIpc) is 2.75. The lowest BCUT2D eigenvalue weighted by atomic mass is 10.1. The van der Waals surface area contributed by atoms with Crippen LogP contribution in [0.1, 0.15) is 31.9 Å². The Labute approximate surface area is 182 Å². The van der Waals surface area contributed by atoms with E-state index < -0.39 is 30.4 Å². The summed E-state index contributed by atoms with van der Waals surface area (Å²) in [6.45, 7) is 4.52. The van der Waals surface area contributed by atoms with Crippen LogP contribution < -0.4 is 0 Å². The van der Waals surface area contributed by atoms with Gasteiger partial charge in [-0.25, -0.2) is 9.59 Å². The molecule has 0 aliphatic carbocycles. The molecule has 7 nitrogen and oxygen atoms in total. The number of benzene rings is 2. The van der Waals surface area contributed by atoms with Gasteiger partial charge in [0, 0.05) is 11.6 Å². The summed E-state index contributed by atoms with van der Waals surface area (Å²) in [5, 5.41) is 0. The molecule has 0 spiro atoms. The summed E-state index contributed by atoms with van der Waals surface area (Å²) in [5.74, 6) is -1.22. The maximum atomic E-state index is 12.4. The van der Waals surface area contributed by atoms with Crippen molar-refractivity contribution in [3.05, 3.63) is 77.9 Å². The third-order valence-electron chi connectivity index (χ3n) is 4.16. The highest BCUT2D eigenvalue weighted by Crippen LogP contribution is 2.15. The van der Waals surface area contributed by atoms with Crippen molar-refractivity contribution in [2.24, 2.45) is 0 Å². The molecule has 0 fully saturated rings. The zero-order chi connectivity index (χ0) is 22.7. The highest BCUT2D eigenvalue weighted by Gasteiger charge is 2.30. The first-order valence-corrected chi connectivity index (χ1v) is 9.79. The van der Waals surface area contributed by atoms with Gasteiger partial charge in [-0.15, -0.1) is 0 Å². The average molecular weight is 425 g/mol. The molecule has 0 saturated heterocycles. The van der Waals surface area contributed by atoms with E-state index in [1.165, 1.54) is 11.0 Å². The first-order valence-electron chi connectivity index (χ1n) is 9.79. The Kier molecular flexibility index (Phi) is 8.81. The Balaban J connectivity index is 1.81. The zero-order valence-electron chi connectivity index (χ0n) is 17.9. The summed E-state index contributed by atoms with van der Waals surface area (Å²) in [4.78, 5) is 37.7. The molecule has 0 unspecified atom stereocenters. The van der Waals surface area contributed by atoms with Gasteiger partial charge in [0.25, 0.3) is 0 Å². The van der Waals surface area contributed by atoms with Gasteiger partial charge >= 0.3 is 18.0 Å². The minimum absolute atomic E-state index is 0.109. The van der Waals surface area contributed by atoms with Gasteiger partial charge in [-0.05, 0) is 38.0 Å². The summed E-state index contributed by atoms with van der Waals surface area (Å²) < 4.78 is 15.2. The topological polar surface area (TPSA) is 82.1 Å². The van der Waals surface area contributed by atoms with Crippen molar-refractivity contribution in [3.63, 3.8) is 0 Å². The smallest absolute Gasteiger partial charge is 0.413 e. The first-order chi connectivity index (χ1) is 14.8. The number of carbonyl (C=O) groups excluding carboxylic acids is 3. The predicted molar refractivity (Wildman–Crippen MR) is 116 cm³/mol. The molecular weight excluding hydrogens is 398 g/mol. The third-order valence-corrected chi connectivity index (χ3v) is 4.16. The second-order valence-electron chi connectivity index (χ2n) is 7.64. The molecule has 0 aliphatic rings. The summed E-state index contributed by atoms with van der Waals surface area (Å²) in [6.07, 6.45) is 2.05. The SMILES string of the molecule is CC(C)(C)N(CC(=O)OCc1ccccc1)C(=O)OCOC(=O)C=Cc1ccccc1. The standard InChI is InChI=1S/C24H27NO6/c1-24(2,3)25(16-22(27)29-17-20-12-8-5-9-13-20)23(28)31-18-30-21(26)15-14-19-10-6-4-7-11-19/h4-15H,16-18H2,1-3H3. The van der Waals surface area contributed by atoms with Crippen molar-refractivity contribution in [1.29, 1.82) is 0 Å². The highest BCUT2D eigenvalue weighted by molar-refractivity contribution is 5.87. The predicted octanol–water partition coefficient (Wildman–Crippen LogP) is 4.18. The number of hydrogen-bond acceptors (Lipinski definition) is 6. The molecule has 0 aromatic heterocycles. The van der Waals surface area contributed by atoms with Crippen LogP contribution in [0.3, 0.4) is 0 Å². The molecule has 0 saturated carbocycles. The van der Waals surface area contributed by atoms with E-state index in [2.05, 4.69) is 0 Å². The summed E-state index contributed by atoms with van der Waals surface area (Å²) in [5.41, 5.74) is 0.973. The van der Waals surface area contributed by atoms with Crippen LogP contribution in [-0.2, 0) is 30.4 Å². The Morgan fingerprint density at radius 1 is 0.871 bits per heavy atom. The fourth-order valence-electron chi connectivity index (χ4n) is 2.48. The van der Waals surface area contributed by atoms with Gasteiger partial charge in [0.1, 0.15) is 13.2 Å². The van der Waals surface area contributed by atoms with Gasteiger partial charge in [-0.1, -0.05) is 60.7 Å². The number of rotatable bonds is 8. The lowest BCUT2D eigenvalue weighted by Gasteiger charge is -2.33. The molecule has 31 heavy (non-hydrogen) atoms. The molecule has 0 heterocycles. The van der Waals surface area contributed by atoms with Crippen LogP contribution in [0.15, 0.2) is 66.7 Å². The second-order valence-corrected chi connectivity index (χ2v) is 7.64. The number of nitrogens with zero attached hydrogens (tertiary/aromatic N) is 1. The zero-order valence-corrected chi connectivity index (χ0v) is 17.9. The van der Waals surface area contributed by atoms with E-state index in [1.54, 1.807) is 26.8 Å². The molecule has 0 radical (unpaired) electrons. The number of ether oxygens (including phenoxy) is 3. The minimum atomic E-state index is -0.788. The summed E-state index contributed by atoms with van der Waals surface area (Å²) >= 11 is 0. The number of hydrogen-bond donors (Lipinski definition) is 0. The second kappa shape index (κ2) is 11.5. The molecule has 0 aliphatic heterocycles. The third kappa shape index (κ3) is 8.74. The highest BCUT2D eigenvalue weighted by atomic mass is 16.7. The van der Waals surface area contributed by atoms with E-state index in [-0.39, 0.29) is 13.2 Å². The van der Waals surface area contributed by atoms with Crippen LogP contribution in [0.2, 0.25) is 0 Å². The van der Waals surface area contributed by atoms with Gasteiger partial charge in [0.05, 0.1) is 0 Å². The van der Waals surface area contributed by atoms with Gasteiger partial charge in [0.2, 0.25) is 6.79 Å².